The number of carbonyl (C=O) groups excluding carboxylic acids is 1. The number of anilines is 2. The summed E-state index contributed by atoms with van der Waals surface area (Å²) in [6.07, 6.45) is 0. The molecule has 3 aromatic rings. The molecule has 36 heavy (non-hydrogen) atoms. The number of hydrogen-bond donors (Lipinski definition) is 1. The Labute approximate surface area is 213 Å². The first-order chi connectivity index (χ1) is 17.4. The van der Waals surface area contributed by atoms with Crippen molar-refractivity contribution in [2.75, 3.05) is 50.1 Å². The Bertz CT molecular complexity index is 1210. The lowest BCUT2D eigenvalue weighted by molar-refractivity contribution is -0.132. The molecule has 2 aromatic carbocycles. The predicted molar refractivity (Wildman–Crippen MR) is 143 cm³/mol. The molecule has 0 spiro atoms. The molecule has 1 amide bonds. The van der Waals surface area contributed by atoms with Crippen LogP contribution in [0.2, 0.25) is 0 Å². The number of likely N-dealkylation sites (N-methyl/N-ethyl adjacent to an activating group) is 2. The van der Waals surface area contributed by atoms with E-state index < -0.39 is 0 Å². The average Bonchev–Trinajstić information content (AvgIpc) is 2.88. The molecule has 0 aliphatic carbocycles. The van der Waals surface area contributed by atoms with Gasteiger partial charge in [-0.3, -0.25) is 4.79 Å². The lowest BCUT2D eigenvalue weighted by Crippen LogP contribution is -2.34. The highest BCUT2D eigenvalue weighted by Crippen LogP contribution is 2.35. The van der Waals surface area contributed by atoms with Crippen molar-refractivity contribution in [3.63, 3.8) is 0 Å². The molecule has 1 aliphatic heterocycles. The van der Waals surface area contributed by atoms with Crippen molar-refractivity contribution in [2.45, 2.75) is 33.7 Å². The number of hydrogen-bond acceptors (Lipinski definition) is 7. The van der Waals surface area contributed by atoms with Crippen molar-refractivity contribution in [1.82, 2.24) is 14.9 Å². The molecule has 0 bridgehead atoms. The van der Waals surface area contributed by atoms with E-state index >= 15 is 0 Å². The highest BCUT2D eigenvalue weighted by atomic mass is 16.5. The Morgan fingerprint density at radius 1 is 1.17 bits per heavy atom. The molecule has 4 rings (SSSR count). The van der Waals surface area contributed by atoms with E-state index in [2.05, 4.69) is 40.2 Å². The van der Waals surface area contributed by atoms with Gasteiger partial charge in [-0.2, -0.15) is 0 Å². The highest BCUT2D eigenvalue weighted by molar-refractivity contribution is 5.77. The van der Waals surface area contributed by atoms with E-state index in [4.69, 9.17) is 9.47 Å². The molecular formula is C28H35N5O3. The van der Waals surface area contributed by atoms with Gasteiger partial charge in [0, 0.05) is 31.8 Å². The van der Waals surface area contributed by atoms with Gasteiger partial charge < -0.3 is 24.6 Å². The summed E-state index contributed by atoms with van der Waals surface area (Å²) in [7, 11) is 2.07. The number of rotatable bonds is 9. The second-order valence-corrected chi connectivity index (χ2v) is 8.93. The minimum Gasteiger partial charge on any atom is -0.490 e. The van der Waals surface area contributed by atoms with Crippen LogP contribution in [0.25, 0.3) is 11.3 Å². The maximum absolute atomic E-state index is 12.3. The molecule has 0 fully saturated rings. The zero-order valence-electron chi connectivity index (χ0n) is 21.7. The monoisotopic (exact) mass is 489 g/mol. The smallest absolute Gasteiger partial charge is 0.260 e. The molecule has 1 aliphatic rings. The third-order valence-electron chi connectivity index (χ3n) is 6.39. The SMILES string of the molecule is CCN(CC)C(=O)COc1cccc(C(C)Nc2cc(-c3ccc4c(c3)N(C)CCO4)nc(C)n2)c1. The standard InChI is InChI=1S/C28H35N5O3/c1-6-33(7-2)28(34)18-36-23-10-8-9-21(15-23)19(3)29-27-17-24(30-20(4)31-27)22-11-12-26-25(16-22)32(5)13-14-35-26/h8-12,15-17,19H,6-7,13-14,18H2,1-5H3,(H,29,30,31). The number of nitrogens with one attached hydrogen (secondary N) is 1. The number of amides is 1. The van der Waals surface area contributed by atoms with Gasteiger partial charge in [-0.25, -0.2) is 9.97 Å². The fourth-order valence-electron chi connectivity index (χ4n) is 4.29. The summed E-state index contributed by atoms with van der Waals surface area (Å²) >= 11 is 0. The largest absolute Gasteiger partial charge is 0.490 e. The van der Waals surface area contributed by atoms with E-state index in [9.17, 15) is 4.79 Å². The van der Waals surface area contributed by atoms with Crippen LogP contribution >= 0.6 is 0 Å². The van der Waals surface area contributed by atoms with E-state index in [0.29, 0.717) is 31.3 Å². The number of carbonyl (C=O) groups is 1. The van der Waals surface area contributed by atoms with Gasteiger partial charge in [-0.15, -0.1) is 0 Å². The van der Waals surface area contributed by atoms with Crippen molar-refractivity contribution in [2.24, 2.45) is 0 Å². The van der Waals surface area contributed by atoms with E-state index in [0.717, 1.165) is 40.6 Å². The van der Waals surface area contributed by atoms with E-state index in [-0.39, 0.29) is 18.6 Å². The molecule has 1 unspecified atom stereocenters. The molecule has 0 saturated carbocycles. The van der Waals surface area contributed by atoms with Crippen molar-refractivity contribution in [3.05, 3.63) is 59.9 Å². The number of ether oxygens (including phenoxy) is 2. The van der Waals surface area contributed by atoms with Crippen LogP contribution in [0.1, 0.15) is 38.2 Å². The van der Waals surface area contributed by atoms with E-state index in [1.807, 2.05) is 63.2 Å². The number of aryl methyl sites for hydroxylation is 1. The lowest BCUT2D eigenvalue weighted by Gasteiger charge is -2.28. The van der Waals surface area contributed by atoms with E-state index in [1.165, 1.54) is 0 Å². The Hall–Kier alpha value is -3.81. The molecule has 1 atom stereocenters. The maximum atomic E-state index is 12.3. The fraction of sp³-hybridized carbons (Fsp3) is 0.393. The first-order valence-corrected chi connectivity index (χ1v) is 12.5. The summed E-state index contributed by atoms with van der Waals surface area (Å²) in [4.78, 5) is 25.5. The molecule has 1 N–H and O–H groups in total. The van der Waals surface area contributed by atoms with Gasteiger partial charge >= 0.3 is 0 Å². The van der Waals surface area contributed by atoms with Crippen LogP contribution in [0.5, 0.6) is 11.5 Å². The van der Waals surface area contributed by atoms with Gasteiger partial charge in [-0.1, -0.05) is 12.1 Å². The van der Waals surface area contributed by atoms with Gasteiger partial charge in [0.15, 0.2) is 6.61 Å². The second kappa shape index (κ2) is 11.3. The summed E-state index contributed by atoms with van der Waals surface area (Å²) in [5.41, 5.74) is 3.97. The zero-order chi connectivity index (χ0) is 25.7. The summed E-state index contributed by atoms with van der Waals surface area (Å²) in [5, 5.41) is 3.49. The van der Waals surface area contributed by atoms with Crippen LogP contribution in [0, 0.1) is 6.92 Å². The lowest BCUT2D eigenvalue weighted by atomic mass is 10.1. The molecule has 8 nitrogen and oxygen atoms in total. The Morgan fingerprint density at radius 2 is 1.97 bits per heavy atom. The molecule has 190 valence electrons. The molecule has 0 radical (unpaired) electrons. The van der Waals surface area contributed by atoms with Crippen LogP contribution < -0.4 is 19.7 Å². The molecular weight excluding hydrogens is 454 g/mol. The number of aromatic nitrogens is 2. The number of nitrogens with zero attached hydrogens (tertiary/aromatic N) is 4. The summed E-state index contributed by atoms with van der Waals surface area (Å²) < 4.78 is 11.6. The molecule has 8 heteroatoms. The van der Waals surface area contributed by atoms with Crippen LogP contribution in [-0.2, 0) is 4.79 Å². The Balaban J connectivity index is 1.48. The van der Waals surface area contributed by atoms with E-state index in [1.54, 1.807) is 4.90 Å². The normalized spacial score (nSPS) is 13.4. The van der Waals surface area contributed by atoms with Gasteiger partial charge in [0.25, 0.3) is 5.91 Å². The van der Waals surface area contributed by atoms with Crippen LogP contribution in [0.3, 0.4) is 0 Å². The van der Waals surface area contributed by atoms with Crippen molar-refractivity contribution >= 4 is 17.4 Å². The third kappa shape index (κ3) is 5.87. The first-order valence-electron chi connectivity index (χ1n) is 12.5. The summed E-state index contributed by atoms with van der Waals surface area (Å²) in [6, 6.07) is 15.9. The predicted octanol–water partition coefficient (Wildman–Crippen LogP) is 4.70. The van der Waals surface area contributed by atoms with Crippen LogP contribution in [0.15, 0.2) is 48.5 Å². The minimum atomic E-state index is -0.0303. The minimum absolute atomic E-state index is 0.0134. The molecule has 2 heterocycles. The zero-order valence-corrected chi connectivity index (χ0v) is 21.7. The first kappa shape index (κ1) is 25.3. The van der Waals surface area contributed by atoms with Crippen LogP contribution in [-0.4, -0.2) is 60.7 Å². The quantitative estimate of drug-likeness (QED) is 0.467. The Morgan fingerprint density at radius 3 is 2.75 bits per heavy atom. The van der Waals surface area contributed by atoms with Gasteiger partial charge in [0.05, 0.1) is 24.0 Å². The summed E-state index contributed by atoms with van der Waals surface area (Å²) in [6.45, 7) is 10.8. The molecule has 1 aromatic heterocycles. The Kier molecular flexibility index (Phi) is 7.93. The van der Waals surface area contributed by atoms with Crippen molar-refractivity contribution in [1.29, 1.82) is 0 Å². The van der Waals surface area contributed by atoms with Crippen molar-refractivity contribution < 1.29 is 14.3 Å². The fourth-order valence-corrected chi connectivity index (χ4v) is 4.29. The van der Waals surface area contributed by atoms with Gasteiger partial charge in [0.2, 0.25) is 0 Å². The average molecular weight is 490 g/mol. The van der Waals surface area contributed by atoms with Crippen LogP contribution in [0.4, 0.5) is 11.5 Å². The summed E-state index contributed by atoms with van der Waals surface area (Å²) in [5.74, 6) is 2.99. The van der Waals surface area contributed by atoms with Gasteiger partial charge in [0.1, 0.15) is 29.7 Å². The molecule has 0 saturated heterocycles. The number of benzene rings is 2. The third-order valence-corrected chi connectivity index (χ3v) is 6.39. The van der Waals surface area contributed by atoms with Gasteiger partial charge in [-0.05, 0) is 63.6 Å². The second-order valence-electron chi connectivity index (χ2n) is 8.93. The highest BCUT2D eigenvalue weighted by Gasteiger charge is 2.17. The topological polar surface area (TPSA) is 79.8 Å². The number of fused-ring (bicyclic) bond motifs is 1. The van der Waals surface area contributed by atoms with Crippen molar-refractivity contribution in [3.8, 4) is 22.8 Å². The maximum Gasteiger partial charge on any atom is 0.260 e.